The molecule has 2 unspecified atom stereocenters. The first-order valence-electron chi connectivity index (χ1n) is 9.95. The number of aromatic hydroxyl groups is 1. The zero-order chi connectivity index (χ0) is 21.6. The highest BCUT2D eigenvalue weighted by molar-refractivity contribution is 5.68. The van der Waals surface area contributed by atoms with E-state index in [1.54, 1.807) is 53.9 Å². The third kappa shape index (κ3) is 3.60. The minimum atomic E-state index is -2.74. The van der Waals surface area contributed by atoms with Crippen LogP contribution in [0, 0.1) is 0 Å². The van der Waals surface area contributed by atoms with Gasteiger partial charge in [0.25, 0.3) is 5.92 Å². The molecule has 5 rings (SSSR count). The average molecular weight is 425 g/mol. The summed E-state index contributed by atoms with van der Waals surface area (Å²) in [6, 6.07) is 3.95. The van der Waals surface area contributed by atoms with Crippen LogP contribution in [0.1, 0.15) is 18.5 Å². The number of methoxy groups -OCH3 is 1. The summed E-state index contributed by atoms with van der Waals surface area (Å²) in [6.45, 7) is 0. The summed E-state index contributed by atoms with van der Waals surface area (Å²) in [5.41, 5.74) is 3.17. The molecule has 0 radical (unpaired) electrons. The van der Waals surface area contributed by atoms with E-state index in [-0.39, 0.29) is 18.6 Å². The largest absolute Gasteiger partial charge is 0.507 e. The van der Waals surface area contributed by atoms with Crippen LogP contribution in [-0.4, -0.2) is 55.8 Å². The summed E-state index contributed by atoms with van der Waals surface area (Å²) in [5.74, 6) is -2.67. The Morgan fingerprint density at radius 3 is 2.84 bits per heavy atom. The van der Waals surface area contributed by atoms with E-state index >= 15 is 0 Å². The standard InChI is InChI=1S/C22H21F2N5O2/c1-31-21-13(7-20-22(23,24)9-17(21)28-20)6-14-10-27-18(11-26-14)16-3-2-15(8-19(16)30)29-5-4-25-12-29/h2-6,8,10-12,17,20-21,28,30H,7,9H2,1H3/b13-6-/t17?,20?,21-/m1/s1. The number of hydrogen-bond acceptors (Lipinski definition) is 6. The molecule has 2 aromatic heterocycles. The Bertz CT molecular complexity index is 1120. The normalized spacial score (nSPS) is 25.8. The number of nitrogens with one attached hydrogen (secondary N) is 1. The molecule has 3 aromatic rings. The molecule has 7 nitrogen and oxygen atoms in total. The molecule has 2 N–H and O–H groups in total. The Hall–Kier alpha value is -3.17. The Balaban J connectivity index is 1.39. The van der Waals surface area contributed by atoms with Crippen LogP contribution in [0.3, 0.4) is 0 Å². The molecule has 1 aromatic carbocycles. The van der Waals surface area contributed by atoms with Crippen LogP contribution in [0.25, 0.3) is 23.0 Å². The number of piperidine rings is 1. The number of imidazole rings is 1. The van der Waals surface area contributed by atoms with E-state index in [1.807, 2.05) is 6.07 Å². The molecule has 0 saturated carbocycles. The summed E-state index contributed by atoms with van der Waals surface area (Å²) >= 11 is 0. The molecule has 2 bridgehead atoms. The first-order chi connectivity index (χ1) is 14.9. The number of fused-ring (bicyclic) bond motifs is 2. The first-order valence-corrected chi connectivity index (χ1v) is 9.95. The smallest absolute Gasteiger partial charge is 0.265 e. The zero-order valence-electron chi connectivity index (χ0n) is 16.7. The number of hydrogen-bond donors (Lipinski definition) is 2. The Kier molecular flexibility index (Phi) is 4.79. The van der Waals surface area contributed by atoms with Gasteiger partial charge in [0.15, 0.2) is 0 Å². The van der Waals surface area contributed by atoms with Gasteiger partial charge in [-0.3, -0.25) is 9.97 Å². The van der Waals surface area contributed by atoms with Crippen LogP contribution in [-0.2, 0) is 4.74 Å². The second-order valence-electron chi connectivity index (χ2n) is 7.87. The van der Waals surface area contributed by atoms with Crippen LogP contribution >= 0.6 is 0 Å². The summed E-state index contributed by atoms with van der Waals surface area (Å²) in [6.07, 6.45) is 9.53. The van der Waals surface area contributed by atoms with Gasteiger partial charge in [0.05, 0.1) is 47.9 Å². The van der Waals surface area contributed by atoms with E-state index in [0.717, 1.165) is 11.3 Å². The fourth-order valence-electron chi connectivity index (χ4n) is 4.40. The molecular weight excluding hydrogens is 404 g/mol. The van der Waals surface area contributed by atoms with Crippen LogP contribution < -0.4 is 5.32 Å². The molecule has 2 saturated heterocycles. The molecule has 0 amide bonds. The van der Waals surface area contributed by atoms with Crippen LogP contribution in [0.5, 0.6) is 5.75 Å². The number of phenols is 1. The zero-order valence-corrected chi connectivity index (χ0v) is 16.7. The summed E-state index contributed by atoms with van der Waals surface area (Å²) in [4.78, 5) is 12.8. The van der Waals surface area contributed by atoms with Gasteiger partial charge in [-0.15, -0.1) is 0 Å². The third-order valence-corrected chi connectivity index (χ3v) is 5.91. The number of phenolic OH excluding ortho intramolecular Hbond substituents is 1. The maximum atomic E-state index is 14.1. The fraction of sp³-hybridized carbons (Fsp3) is 0.318. The van der Waals surface area contributed by atoms with Gasteiger partial charge in [-0.25, -0.2) is 13.8 Å². The van der Waals surface area contributed by atoms with E-state index < -0.39 is 24.1 Å². The second-order valence-corrected chi connectivity index (χ2v) is 7.87. The van der Waals surface area contributed by atoms with E-state index in [1.165, 1.54) is 7.11 Å². The molecule has 3 atom stereocenters. The maximum Gasteiger partial charge on any atom is 0.265 e. The molecule has 0 spiro atoms. The highest BCUT2D eigenvalue weighted by Gasteiger charge is 2.54. The summed E-state index contributed by atoms with van der Waals surface area (Å²) in [7, 11) is 1.53. The second kappa shape index (κ2) is 7.51. The van der Waals surface area contributed by atoms with Gasteiger partial charge >= 0.3 is 0 Å². The molecule has 2 aliphatic heterocycles. The third-order valence-electron chi connectivity index (χ3n) is 5.91. The van der Waals surface area contributed by atoms with E-state index in [0.29, 0.717) is 17.0 Å². The van der Waals surface area contributed by atoms with Crippen molar-refractivity contribution in [2.75, 3.05) is 7.11 Å². The Morgan fingerprint density at radius 2 is 2.16 bits per heavy atom. The maximum absolute atomic E-state index is 14.1. The molecule has 2 aliphatic rings. The summed E-state index contributed by atoms with van der Waals surface area (Å²) < 4.78 is 35.5. The SMILES string of the molecule is CO[C@@H]1/C(=C\c2cnc(-c3ccc(-n4ccnc4)cc3O)cn2)CC2NC1CC2(F)F. The molecule has 9 heteroatoms. The van der Waals surface area contributed by atoms with Crippen molar-refractivity contribution in [2.24, 2.45) is 0 Å². The van der Waals surface area contributed by atoms with Gasteiger partial charge in [0.1, 0.15) is 5.75 Å². The predicted octanol–water partition coefficient (Wildman–Crippen LogP) is 3.20. The lowest BCUT2D eigenvalue weighted by Crippen LogP contribution is -2.47. The highest BCUT2D eigenvalue weighted by Crippen LogP contribution is 2.42. The average Bonchev–Trinajstić information content (AvgIpc) is 3.36. The number of nitrogens with zero attached hydrogens (tertiary/aromatic N) is 4. The van der Waals surface area contributed by atoms with Gasteiger partial charge in [-0.05, 0) is 30.2 Å². The van der Waals surface area contributed by atoms with Crippen molar-refractivity contribution in [3.05, 3.63) is 60.6 Å². The van der Waals surface area contributed by atoms with Crippen molar-refractivity contribution in [3.63, 3.8) is 0 Å². The lowest BCUT2D eigenvalue weighted by molar-refractivity contribution is -0.00999. The van der Waals surface area contributed by atoms with Crippen LogP contribution in [0.15, 0.2) is 54.9 Å². The monoisotopic (exact) mass is 425 g/mol. The molecular formula is C22H21F2N5O2. The topological polar surface area (TPSA) is 85.1 Å². The van der Waals surface area contributed by atoms with Crippen molar-refractivity contribution in [1.82, 2.24) is 24.8 Å². The first kappa shape index (κ1) is 19.8. The lowest BCUT2D eigenvalue weighted by atomic mass is 9.94. The molecule has 0 aliphatic carbocycles. The van der Waals surface area contributed by atoms with Crippen molar-refractivity contribution in [1.29, 1.82) is 0 Å². The minimum Gasteiger partial charge on any atom is -0.507 e. The van der Waals surface area contributed by atoms with E-state index in [4.69, 9.17) is 4.74 Å². The molecule has 4 heterocycles. The molecule has 2 fully saturated rings. The number of benzene rings is 1. The lowest BCUT2D eigenvalue weighted by Gasteiger charge is -2.31. The molecule has 160 valence electrons. The summed E-state index contributed by atoms with van der Waals surface area (Å²) in [5, 5.41) is 13.4. The Labute approximate surface area is 177 Å². The molecule has 31 heavy (non-hydrogen) atoms. The highest BCUT2D eigenvalue weighted by atomic mass is 19.3. The van der Waals surface area contributed by atoms with E-state index in [9.17, 15) is 13.9 Å². The van der Waals surface area contributed by atoms with Gasteiger partial charge < -0.3 is 19.7 Å². The number of alkyl halides is 2. The van der Waals surface area contributed by atoms with Gasteiger partial charge in [0, 0.05) is 43.6 Å². The number of aromatic nitrogens is 4. The van der Waals surface area contributed by atoms with Crippen LogP contribution in [0.2, 0.25) is 0 Å². The minimum absolute atomic E-state index is 0.0724. The number of ether oxygens (including phenoxy) is 1. The van der Waals surface area contributed by atoms with Gasteiger partial charge in [0.2, 0.25) is 0 Å². The quantitative estimate of drug-likeness (QED) is 0.668. The van der Waals surface area contributed by atoms with Gasteiger partial charge in [-0.1, -0.05) is 0 Å². The van der Waals surface area contributed by atoms with Crippen molar-refractivity contribution >= 4 is 6.08 Å². The number of halogens is 2. The van der Waals surface area contributed by atoms with Crippen molar-refractivity contribution < 1.29 is 18.6 Å². The van der Waals surface area contributed by atoms with E-state index in [2.05, 4.69) is 20.3 Å². The predicted molar refractivity (Wildman–Crippen MR) is 110 cm³/mol. The fourth-order valence-corrected chi connectivity index (χ4v) is 4.40. The number of rotatable bonds is 4. The van der Waals surface area contributed by atoms with Crippen LogP contribution in [0.4, 0.5) is 8.78 Å². The Morgan fingerprint density at radius 1 is 1.29 bits per heavy atom. The van der Waals surface area contributed by atoms with Crippen molar-refractivity contribution in [2.45, 2.75) is 37.0 Å². The van der Waals surface area contributed by atoms with Crippen molar-refractivity contribution in [3.8, 4) is 22.7 Å². The van der Waals surface area contributed by atoms with Gasteiger partial charge in [-0.2, -0.15) is 0 Å².